The molecule has 0 spiro atoms. The second kappa shape index (κ2) is 7.82. The SMILES string of the molecule is O=C([O-])CN1C(=O)CCc2cc(-c3ccc(C(F)(F)F)cc3)ccc21.[Na+]. The zero-order valence-corrected chi connectivity index (χ0v) is 16.0. The Balaban J connectivity index is 0.00000243. The number of alkyl halides is 3. The van der Waals surface area contributed by atoms with Crippen LogP contribution in [0.5, 0.6) is 0 Å². The van der Waals surface area contributed by atoms with Gasteiger partial charge in [0, 0.05) is 12.1 Å². The molecule has 0 fully saturated rings. The maximum Gasteiger partial charge on any atom is 1.00 e. The molecule has 2 aromatic carbocycles. The Kier molecular flexibility index (Phi) is 6.16. The van der Waals surface area contributed by atoms with E-state index in [0.717, 1.165) is 22.6 Å². The number of hydrogen-bond acceptors (Lipinski definition) is 3. The monoisotopic (exact) mass is 371 g/mol. The zero-order valence-electron chi connectivity index (χ0n) is 14.0. The number of aliphatic carboxylic acids is 1. The summed E-state index contributed by atoms with van der Waals surface area (Å²) in [6, 6.07) is 9.84. The Morgan fingerprint density at radius 3 is 2.23 bits per heavy atom. The van der Waals surface area contributed by atoms with E-state index in [1.165, 1.54) is 12.1 Å². The first kappa shape index (κ1) is 20.5. The number of aryl methyl sites for hydroxylation is 1. The van der Waals surface area contributed by atoms with Crippen molar-refractivity contribution in [1.29, 1.82) is 0 Å². The Labute approximate surface area is 169 Å². The van der Waals surface area contributed by atoms with Crippen LogP contribution in [0.1, 0.15) is 17.5 Å². The Morgan fingerprint density at radius 2 is 1.65 bits per heavy atom. The molecule has 3 rings (SSSR count). The van der Waals surface area contributed by atoms with Gasteiger partial charge in [-0.1, -0.05) is 18.2 Å². The van der Waals surface area contributed by atoms with Gasteiger partial charge in [0.15, 0.2) is 0 Å². The summed E-state index contributed by atoms with van der Waals surface area (Å²) in [7, 11) is 0. The first-order valence-electron chi connectivity index (χ1n) is 7.56. The van der Waals surface area contributed by atoms with Crippen LogP contribution in [0.25, 0.3) is 11.1 Å². The third kappa shape index (κ3) is 4.28. The molecular formula is C18H13F3NNaO3. The third-order valence-corrected chi connectivity index (χ3v) is 4.11. The molecule has 8 heteroatoms. The van der Waals surface area contributed by atoms with Crippen molar-refractivity contribution in [2.75, 3.05) is 11.4 Å². The van der Waals surface area contributed by atoms with Gasteiger partial charge in [0.2, 0.25) is 5.91 Å². The Morgan fingerprint density at radius 1 is 1.04 bits per heavy atom. The van der Waals surface area contributed by atoms with Gasteiger partial charge < -0.3 is 14.8 Å². The second-order valence-corrected chi connectivity index (χ2v) is 5.77. The van der Waals surface area contributed by atoms with Crippen LogP contribution < -0.4 is 39.6 Å². The van der Waals surface area contributed by atoms with Crippen molar-refractivity contribution in [2.24, 2.45) is 0 Å². The minimum absolute atomic E-state index is 0. The summed E-state index contributed by atoms with van der Waals surface area (Å²) in [4.78, 5) is 23.9. The number of carbonyl (C=O) groups is 2. The largest absolute Gasteiger partial charge is 1.00 e. The zero-order chi connectivity index (χ0) is 18.2. The quantitative estimate of drug-likeness (QED) is 0.678. The molecule has 1 amide bonds. The van der Waals surface area contributed by atoms with Gasteiger partial charge in [0.25, 0.3) is 0 Å². The number of fused-ring (bicyclic) bond motifs is 1. The first-order chi connectivity index (χ1) is 11.8. The maximum atomic E-state index is 12.6. The number of anilines is 1. The number of amides is 1. The summed E-state index contributed by atoms with van der Waals surface area (Å²) in [5.41, 5.74) is 1.86. The van der Waals surface area contributed by atoms with E-state index >= 15 is 0 Å². The molecule has 0 N–H and O–H groups in total. The molecule has 4 nitrogen and oxygen atoms in total. The molecule has 0 aliphatic carbocycles. The molecule has 0 radical (unpaired) electrons. The van der Waals surface area contributed by atoms with Crippen LogP contribution in [-0.2, 0) is 22.2 Å². The van der Waals surface area contributed by atoms with Crippen molar-refractivity contribution in [2.45, 2.75) is 19.0 Å². The molecule has 0 bridgehead atoms. The van der Waals surface area contributed by atoms with E-state index in [9.17, 15) is 27.9 Å². The molecule has 26 heavy (non-hydrogen) atoms. The van der Waals surface area contributed by atoms with Crippen molar-refractivity contribution >= 4 is 17.6 Å². The fourth-order valence-corrected chi connectivity index (χ4v) is 2.89. The summed E-state index contributed by atoms with van der Waals surface area (Å²) >= 11 is 0. The molecule has 0 saturated carbocycles. The van der Waals surface area contributed by atoms with Gasteiger partial charge in [-0.25, -0.2) is 0 Å². The summed E-state index contributed by atoms with van der Waals surface area (Å²) < 4.78 is 37.9. The van der Waals surface area contributed by atoms with E-state index in [2.05, 4.69) is 0 Å². The Hall–Kier alpha value is -1.83. The number of carbonyl (C=O) groups excluding carboxylic acids is 2. The summed E-state index contributed by atoms with van der Waals surface area (Å²) in [5, 5.41) is 10.8. The molecule has 130 valence electrons. The van der Waals surface area contributed by atoms with Crippen molar-refractivity contribution in [3.8, 4) is 11.1 Å². The normalized spacial score (nSPS) is 13.8. The van der Waals surface area contributed by atoms with Gasteiger partial charge in [-0.15, -0.1) is 0 Å². The molecule has 0 saturated heterocycles. The van der Waals surface area contributed by atoms with Gasteiger partial charge in [-0.05, 0) is 47.4 Å². The minimum atomic E-state index is -4.39. The standard InChI is InChI=1S/C18H14F3NO3.Na/c19-18(20,21)14-5-1-11(2-6-14)12-3-7-15-13(9-12)4-8-16(23)22(15)10-17(24)25;/h1-3,5-7,9H,4,8,10H2,(H,24,25);/q;+1/p-1. The first-order valence-corrected chi connectivity index (χ1v) is 7.56. The fraction of sp³-hybridized carbons (Fsp3) is 0.222. The molecule has 0 unspecified atom stereocenters. The number of halogens is 3. The van der Waals surface area contributed by atoms with E-state index in [1.807, 2.05) is 0 Å². The molecule has 1 aliphatic heterocycles. The van der Waals surface area contributed by atoms with Crippen LogP contribution >= 0.6 is 0 Å². The number of hydrogen-bond donors (Lipinski definition) is 0. The fourth-order valence-electron chi connectivity index (χ4n) is 2.89. The number of benzene rings is 2. The molecule has 1 heterocycles. The molecule has 2 aromatic rings. The van der Waals surface area contributed by atoms with Crippen LogP contribution in [0.15, 0.2) is 42.5 Å². The predicted molar refractivity (Wildman–Crippen MR) is 82.6 cm³/mol. The summed E-state index contributed by atoms with van der Waals surface area (Å²) in [6.45, 7) is -0.522. The third-order valence-electron chi connectivity index (χ3n) is 4.11. The van der Waals surface area contributed by atoms with Crippen molar-refractivity contribution < 1.29 is 57.4 Å². The number of rotatable bonds is 3. The maximum absolute atomic E-state index is 12.6. The van der Waals surface area contributed by atoms with E-state index in [0.29, 0.717) is 23.2 Å². The average Bonchev–Trinajstić information content (AvgIpc) is 2.56. The molecule has 0 atom stereocenters. The van der Waals surface area contributed by atoms with Crippen LogP contribution in [0, 0.1) is 0 Å². The molecule has 0 aromatic heterocycles. The average molecular weight is 371 g/mol. The van der Waals surface area contributed by atoms with Gasteiger partial charge in [0.05, 0.1) is 18.1 Å². The number of carboxylic acid groups (broad SMARTS) is 1. The smallest absolute Gasteiger partial charge is 0.548 e. The summed E-state index contributed by atoms with van der Waals surface area (Å²) in [6.07, 6.45) is -3.76. The van der Waals surface area contributed by atoms with E-state index < -0.39 is 24.3 Å². The van der Waals surface area contributed by atoms with Gasteiger partial charge >= 0.3 is 35.7 Å². The van der Waals surface area contributed by atoms with E-state index in [4.69, 9.17) is 0 Å². The summed E-state index contributed by atoms with van der Waals surface area (Å²) in [5.74, 6) is -1.65. The van der Waals surface area contributed by atoms with Crippen LogP contribution in [0.3, 0.4) is 0 Å². The van der Waals surface area contributed by atoms with Crippen LogP contribution in [0.4, 0.5) is 18.9 Å². The van der Waals surface area contributed by atoms with E-state index in [-0.39, 0.29) is 41.9 Å². The van der Waals surface area contributed by atoms with E-state index in [1.54, 1.807) is 18.2 Å². The predicted octanol–water partition coefficient (Wildman–Crippen LogP) is -0.595. The van der Waals surface area contributed by atoms with Crippen molar-refractivity contribution in [3.63, 3.8) is 0 Å². The Bertz CT molecular complexity index is 835. The van der Waals surface area contributed by atoms with Crippen LogP contribution in [-0.4, -0.2) is 18.4 Å². The number of carboxylic acids is 1. The van der Waals surface area contributed by atoms with Crippen molar-refractivity contribution in [1.82, 2.24) is 0 Å². The van der Waals surface area contributed by atoms with Crippen molar-refractivity contribution in [3.05, 3.63) is 53.6 Å². The number of nitrogens with zero attached hydrogens (tertiary/aromatic N) is 1. The molecule has 1 aliphatic rings. The molecular weight excluding hydrogens is 358 g/mol. The van der Waals surface area contributed by atoms with Crippen LogP contribution in [0.2, 0.25) is 0 Å². The van der Waals surface area contributed by atoms with Gasteiger partial charge in [-0.3, -0.25) is 4.79 Å². The van der Waals surface area contributed by atoms with Gasteiger partial charge in [-0.2, -0.15) is 13.2 Å². The topological polar surface area (TPSA) is 60.4 Å². The van der Waals surface area contributed by atoms with Gasteiger partial charge in [0.1, 0.15) is 0 Å². The second-order valence-electron chi connectivity index (χ2n) is 5.77. The minimum Gasteiger partial charge on any atom is -0.548 e.